The van der Waals surface area contributed by atoms with E-state index in [1.165, 1.54) is 19.3 Å². The Labute approximate surface area is 155 Å². The van der Waals surface area contributed by atoms with Crippen molar-refractivity contribution in [2.75, 3.05) is 24.9 Å². The molecule has 138 valence electrons. The van der Waals surface area contributed by atoms with Crippen LogP contribution < -0.4 is 20.1 Å². The van der Waals surface area contributed by atoms with E-state index in [0.717, 1.165) is 41.7 Å². The summed E-state index contributed by atoms with van der Waals surface area (Å²) in [6.07, 6.45) is 6.13. The van der Waals surface area contributed by atoms with Gasteiger partial charge in [0.2, 0.25) is 5.96 Å². The molecular formula is C21H27N3O2. The number of hydrogen-bond donors (Lipinski definition) is 2. The number of methoxy groups -OCH3 is 2. The molecule has 1 fully saturated rings. The van der Waals surface area contributed by atoms with Crippen LogP contribution in [0.2, 0.25) is 0 Å². The van der Waals surface area contributed by atoms with Crippen molar-refractivity contribution in [3.8, 4) is 11.5 Å². The first-order valence-electron chi connectivity index (χ1n) is 9.17. The third kappa shape index (κ3) is 5.15. The van der Waals surface area contributed by atoms with Crippen LogP contribution in [0, 0.1) is 0 Å². The molecule has 2 N–H and O–H groups in total. The smallest absolute Gasteiger partial charge is 0.200 e. The molecule has 0 saturated heterocycles. The molecule has 0 bridgehead atoms. The summed E-state index contributed by atoms with van der Waals surface area (Å²) >= 11 is 0. The second kappa shape index (κ2) is 9.13. The Morgan fingerprint density at radius 3 is 1.65 bits per heavy atom. The summed E-state index contributed by atoms with van der Waals surface area (Å²) in [5, 5.41) is 6.81. The summed E-state index contributed by atoms with van der Waals surface area (Å²) in [5.41, 5.74) is 1.95. The zero-order valence-electron chi connectivity index (χ0n) is 15.5. The molecule has 0 radical (unpaired) electrons. The lowest BCUT2D eigenvalue weighted by atomic mass is 9.96. The van der Waals surface area contributed by atoms with Crippen LogP contribution >= 0.6 is 0 Å². The highest BCUT2D eigenvalue weighted by molar-refractivity contribution is 6.03. The normalized spacial score (nSPS) is 14.4. The molecule has 0 heterocycles. The number of benzene rings is 2. The van der Waals surface area contributed by atoms with Crippen LogP contribution in [0.4, 0.5) is 11.4 Å². The van der Waals surface area contributed by atoms with Crippen LogP contribution in [-0.4, -0.2) is 26.2 Å². The Balaban J connectivity index is 1.76. The lowest BCUT2D eigenvalue weighted by Gasteiger charge is -2.20. The van der Waals surface area contributed by atoms with Crippen LogP contribution in [0.5, 0.6) is 11.5 Å². The fourth-order valence-corrected chi connectivity index (χ4v) is 3.11. The van der Waals surface area contributed by atoms with Crippen molar-refractivity contribution in [1.29, 1.82) is 0 Å². The molecule has 1 aliphatic carbocycles. The molecule has 0 unspecified atom stereocenters. The van der Waals surface area contributed by atoms with Crippen molar-refractivity contribution in [1.82, 2.24) is 0 Å². The van der Waals surface area contributed by atoms with Gasteiger partial charge in [0.15, 0.2) is 0 Å². The Morgan fingerprint density at radius 2 is 1.23 bits per heavy atom. The zero-order valence-corrected chi connectivity index (χ0v) is 15.5. The van der Waals surface area contributed by atoms with Crippen LogP contribution in [-0.2, 0) is 0 Å². The highest BCUT2D eigenvalue weighted by Gasteiger charge is 2.14. The van der Waals surface area contributed by atoms with Gasteiger partial charge in [0, 0.05) is 11.4 Å². The van der Waals surface area contributed by atoms with E-state index in [9.17, 15) is 0 Å². The Morgan fingerprint density at radius 1 is 0.769 bits per heavy atom. The molecule has 1 aliphatic rings. The largest absolute Gasteiger partial charge is 0.497 e. The second-order valence-electron chi connectivity index (χ2n) is 6.48. The molecule has 0 spiro atoms. The summed E-state index contributed by atoms with van der Waals surface area (Å²) in [7, 11) is 3.34. The topological polar surface area (TPSA) is 54.9 Å². The molecule has 5 nitrogen and oxygen atoms in total. The molecule has 1 saturated carbocycles. The number of nitrogens with zero attached hydrogens (tertiary/aromatic N) is 1. The molecule has 3 rings (SSSR count). The Hall–Kier alpha value is -2.69. The summed E-state index contributed by atoms with van der Waals surface area (Å²) in [4.78, 5) is 4.94. The van der Waals surface area contributed by atoms with E-state index in [4.69, 9.17) is 14.5 Å². The van der Waals surface area contributed by atoms with Gasteiger partial charge in [-0.2, -0.15) is 0 Å². The number of guanidine groups is 1. The number of hydrogen-bond acceptors (Lipinski definition) is 3. The molecule has 2 aromatic rings. The number of aliphatic imine (C=N–C) groups is 1. The average Bonchev–Trinajstić information content (AvgIpc) is 2.70. The van der Waals surface area contributed by atoms with Crippen LogP contribution in [0.3, 0.4) is 0 Å². The predicted octanol–water partition coefficient (Wildman–Crippen LogP) is 4.92. The molecule has 0 amide bonds. The van der Waals surface area contributed by atoms with E-state index in [1.807, 2.05) is 48.5 Å². The van der Waals surface area contributed by atoms with Gasteiger partial charge in [-0.3, -0.25) is 0 Å². The molecule has 0 atom stereocenters. The third-order valence-electron chi connectivity index (χ3n) is 4.59. The van der Waals surface area contributed by atoms with Gasteiger partial charge in [0.1, 0.15) is 11.5 Å². The van der Waals surface area contributed by atoms with Gasteiger partial charge in [0.05, 0.1) is 20.3 Å². The van der Waals surface area contributed by atoms with Gasteiger partial charge >= 0.3 is 0 Å². The summed E-state index contributed by atoms with van der Waals surface area (Å²) in [6.45, 7) is 0. The highest BCUT2D eigenvalue weighted by Crippen LogP contribution is 2.22. The average molecular weight is 353 g/mol. The fourth-order valence-electron chi connectivity index (χ4n) is 3.11. The van der Waals surface area contributed by atoms with E-state index in [1.54, 1.807) is 14.2 Å². The minimum absolute atomic E-state index is 0.371. The van der Waals surface area contributed by atoms with Crippen LogP contribution in [0.15, 0.2) is 53.5 Å². The summed E-state index contributed by atoms with van der Waals surface area (Å²) in [5.74, 6) is 2.45. The first-order valence-corrected chi connectivity index (χ1v) is 9.17. The second-order valence-corrected chi connectivity index (χ2v) is 6.48. The lowest BCUT2D eigenvalue weighted by molar-refractivity contribution is 0.415. The fraction of sp³-hybridized carbons (Fsp3) is 0.381. The molecule has 26 heavy (non-hydrogen) atoms. The quantitative estimate of drug-likeness (QED) is 0.592. The number of anilines is 2. The number of rotatable bonds is 5. The zero-order chi connectivity index (χ0) is 18.2. The Kier molecular flexibility index (Phi) is 6.36. The first kappa shape index (κ1) is 18.1. The van der Waals surface area contributed by atoms with Gasteiger partial charge in [-0.05, 0) is 61.4 Å². The van der Waals surface area contributed by atoms with Crippen molar-refractivity contribution >= 4 is 17.3 Å². The predicted molar refractivity (Wildman–Crippen MR) is 108 cm³/mol. The van der Waals surface area contributed by atoms with Gasteiger partial charge in [-0.15, -0.1) is 0 Å². The van der Waals surface area contributed by atoms with E-state index in [2.05, 4.69) is 10.6 Å². The molecule has 5 heteroatoms. The lowest BCUT2D eigenvalue weighted by Crippen LogP contribution is -2.25. The molecular weight excluding hydrogens is 326 g/mol. The van der Waals surface area contributed by atoms with Gasteiger partial charge < -0.3 is 20.1 Å². The molecule has 0 aromatic heterocycles. The van der Waals surface area contributed by atoms with Gasteiger partial charge in [0.25, 0.3) is 0 Å². The van der Waals surface area contributed by atoms with E-state index >= 15 is 0 Å². The maximum atomic E-state index is 5.23. The van der Waals surface area contributed by atoms with E-state index in [-0.39, 0.29) is 0 Å². The SMILES string of the molecule is COc1ccc(NC(=NC2CCCCC2)Nc2ccc(OC)cc2)cc1. The molecule has 2 aromatic carbocycles. The van der Waals surface area contributed by atoms with Crippen LogP contribution in [0.1, 0.15) is 32.1 Å². The van der Waals surface area contributed by atoms with E-state index < -0.39 is 0 Å². The van der Waals surface area contributed by atoms with Crippen molar-refractivity contribution in [2.24, 2.45) is 4.99 Å². The minimum Gasteiger partial charge on any atom is -0.497 e. The maximum Gasteiger partial charge on any atom is 0.200 e. The maximum absolute atomic E-state index is 5.23. The van der Waals surface area contributed by atoms with Crippen molar-refractivity contribution in [2.45, 2.75) is 38.1 Å². The number of nitrogens with one attached hydrogen (secondary N) is 2. The van der Waals surface area contributed by atoms with Crippen molar-refractivity contribution in [3.63, 3.8) is 0 Å². The Bertz CT molecular complexity index is 654. The highest BCUT2D eigenvalue weighted by atomic mass is 16.5. The molecule has 0 aliphatic heterocycles. The minimum atomic E-state index is 0.371. The van der Waals surface area contributed by atoms with Crippen molar-refractivity contribution in [3.05, 3.63) is 48.5 Å². The summed E-state index contributed by atoms with van der Waals surface area (Å²) < 4.78 is 10.5. The van der Waals surface area contributed by atoms with Gasteiger partial charge in [-0.25, -0.2) is 4.99 Å². The van der Waals surface area contributed by atoms with Crippen LogP contribution in [0.25, 0.3) is 0 Å². The van der Waals surface area contributed by atoms with E-state index in [0.29, 0.717) is 6.04 Å². The standard InChI is InChI=1S/C21H27N3O2/c1-25-19-12-8-17(9-13-19)23-21(22-16-6-4-3-5-7-16)24-18-10-14-20(26-2)15-11-18/h8-16H,3-7H2,1-2H3,(H2,22,23,24). The van der Waals surface area contributed by atoms with Crippen molar-refractivity contribution < 1.29 is 9.47 Å². The number of ether oxygens (including phenoxy) is 2. The summed E-state index contributed by atoms with van der Waals surface area (Å²) in [6, 6.07) is 16.1. The monoisotopic (exact) mass is 353 g/mol. The first-order chi connectivity index (χ1) is 12.8. The third-order valence-corrected chi connectivity index (χ3v) is 4.59. The van der Waals surface area contributed by atoms with Gasteiger partial charge in [-0.1, -0.05) is 19.3 Å².